The van der Waals surface area contributed by atoms with Crippen LogP contribution in [0.1, 0.15) is 24.8 Å². The Bertz CT molecular complexity index is 508. The predicted octanol–water partition coefficient (Wildman–Crippen LogP) is 2.01. The van der Waals surface area contributed by atoms with Crippen LogP contribution in [0, 0.1) is 0 Å². The summed E-state index contributed by atoms with van der Waals surface area (Å²) < 4.78 is 5.34. The summed E-state index contributed by atoms with van der Waals surface area (Å²) in [5.74, 6) is 1.99. The van der Waals surface area contributed by atoms with Crippen LogP contribution < -0.4 is 10.1 Å². The van der Waals surface area contributed by atoms with Gasteiger partial charge in [0.2, 0.25) is 0 Å². The number of rotatable bonds is 4. The summed E-state index contributed by atoms with van der Waals surface area (Å²) in [5, 5.41) is 3.55. The molecule has 3 rings (SSSR count). The van der Waals surface area contributed by atoms with Gasteiger partial charge in [-0.2, -0.15) is 0 Å². The Morgan fingerprint density at radius 2 is 2.25 bits per heavy atom. The number of hydrogen-bond acceptors (Lipinski definition) is 4. The Labute approximate surface area is 120 Å². The fraction of sp³-hybridized carbons (Fsp3) is 0.562. The van der Waals surface area contributed by atoms with Crippen molar-refractivity contribution in [1.82, 2.24) is 10.2 Å². The van der Waals surface area contributed by atoms with Crippen LogP contribution in [0.5, 0.6) is 5.75 Å². The van der Waals surface area contributed by atoms with Crippen molar-refractivity contribution in [2.24, 2.45) is 4.99 Å². The molecule has 4 nitrogen and oxygen atoms in total. The molecule has 1 saturated carbocycles. The Morgan fingerprint density at radius 1 is 1.40 bits per heavy atom. The highest BCUT2D eigenvalue weighted by Crippen LogP contribution is 2.48. The molecule has 0 spiro atoms. The van der Waals surface area contributed by atoms with Gasteiger partial charge in [-0.1, -0.05) is 12.1 Å². The highest BCUT2D eigenvalue weighted by molar-refractivity contribution is 5.80. The number of ether oxygens (including phenoxy) is 1. The number of hydrogen-bond donors (Lipinski definition) is 1. The summed E-state index contributed by atoms with van der Waals surface area (Å²) in [6, 6.07) is 8.47. The summed E-state index contributed by atoms with van der Waals surface area (Å²) in [6.07, 6.45) is 3.64. The van der Waals surface area contributed by atoms with E-state index >= 15 is 0 Å². The minimum absolute atomic E-state index is 0.273. The van der Waals surface area contributed by atoms with Gasteiger partial charge < -0.3 is 15.0 Å². The molecule has 1 aromatic rings. The van der Waals surface area contributed by atoms with Crippen molar-refractivity contribution in [3.63, 3.8) is 0 Å². The molecule has 0 bridgehead atoms. The summed E-state index contributed by atoms with van der Waals surface area (Å²) in [7, 11) is 3.83. The Hall–Kier alpha value is -1.71. The first-order valence-electron chi connectivity index (χ1n) is 7.37. The summed E-state index contributed by atoms with van der Waals surface area (Å²) >= 11 is 0. The third kappa shape index (κ3) is 2.60. The first-order valence-corrected chi connectivity index (χ1v) is 7.37. The van der Waals surface area contributed by atoms with Crippen molar-refractivity contribution in [2.75, 3.05) is 33.8 Å². The van der Waals surface area contributed by atoms with Crippen LogP contribution in [0.15, 0.2) is 29.3 Å². The SMILES string of the molecule is COc1cccc(C2(CNC3=NCCCN3C)CC2)c1. The summed E-state index contributed by atoms with van der Waals surface area (Å²) in [6.45, 7) is 3.00. The minimum atomic E-state index is 0.273. The first-order chi connectivity index (χ1) is 9.73. The third-order valence-corrected chi connectivity index (χ3v) is 4.40. The van der Waals surface area contributed by atoms with Crippen LogP contribution in [0.3, 0.4) is 0 Å². The molecule has 1 fully saturated rings. The van der Waals surface area contributed by atoms with E-state index in [1.165, 1.54) is 18.4 Å². The highest BCUT2D eigenvalue weighted by atomic mass is 16.5. The average molecular weight is 273 g/mol. The molecule has 1 heterocycles. The van der Waals surface area contributed by atoms with Crippen molar-refractivity contribution in [1.29, 1.82) is 0 Å². The van der Waals surface area contributed by atoms with E-state index in [2.05, 4.69) is 40.5 Å². The molecule has 0 amide bonds. The summed E-state index contributed by atoms with van der Waals surface area (Å²) in [5.41, 5.74) is 1.65. The Morgan fingerprint density at radius 3 is 2.95 bits per heavy atom. The van der Waals surface area contributed by atoms with Crippen LogP contribution in [0.25, 0.3) is 0 Å². The van der Waals surface area contributed by atoms with E-state index in [1.54, 1.807) is 7.11 Å². The van der Waals surface area contributed by atoms with Crippen LogP contribution in [-0.2, 0) is 5.41 Å². The second-order valence-electron chi connectivity index (χ2n) is 5.85. The molecule has 4 heteroatoms. The van der Waals surface area contributed by atoms with Crippen molar-refractivity contribution < 1.29 is 4.74 Å². The van der Waals surface area contributed by atoms with Gasteiger partial charge >= 0.3 is 0 Å². The van der Waals surface area contributed by atoms with Gasteiger partial charge in [0.15, 0.2) is 5.96 Å². The molecule has 20 heavy (non-hydrogen) atoms. The molecule has 108 valence electrons. The molecule has 1 N–H and O–H groups in total. The van der Waals surface area contributed by atoms with E-state index in [1.807, 2.05) is 6.07 Å². The largest absolute Gasteiger partial charge is 0.497 e. The van der Waals surface area contributed by atoms with Crippen molar-refractivity contribution in [3.05, 3.63) is 29.8 Å². The lowest BCUT2D eigenvalue weighted by atomic mass is 9.96. The molecule has 1 aliphatic carbocycles. The number of guanidine groups is 1. The first kappa shape index (κ1) is 13.3. The smallest absolute Gasteiger partial charge is 0.193 e. The predicted molar refractivity (Wildman–Crippen MR) is 81.5 cm³/mol. The third-order valence-electron chi connectivity index (χ3n) is 4.40. The lowest BCUT2D eigenvalue weighted by molar-refractivity contribution is 0.413. The zero-order valence-electron chi connectivity index (χ0n) is 12.4. The Balaban J connectivity index is 1.68. The second-order valence-corrected chi connectivity index (χ2v) is 5.85. The van der Waals surface area contributed by atoms with Crippen LogP contribution in [-0.4, -0.2) is 44.7 Å². The van der Waals surface area contributed by atoms with Gasteiger partial charge in [-0.3, -0.25) is 4.99 Å². The second kappa shape index (κ2) is 5.35. The topological polar surface area (TPSA) is 36.9 Å². The number of benzene rings is 1. The van der Waals surface area contributed by atoms with E-state index in [-0.39, 0.29) is 5.41 Å². The van der Waals surface area contributed by atoms with Gasteiger partial charge in [0.05, 0.1) is 7.11 Å². The van der Waals surface area contributed by atoms with E-state index in [4.69, 9.17) is 4.74 Å². The number of nitrogens with zero attached hydrogens (tertiary/aromatic N) is 2. The molecular formula is C16H23N3O. The molecule has 2 aliphatic rings. The maximum absolute atomic E-state index is 5.34. The zero-order chi connectivity index (χ0) is 14.0. The lowest BCUT2D eigenvalue weighted by Gasteiger charge is -2.27. The van der Waals surface area contributed by atoms with Gasteiger partial charge in [-0.15, -0.1) is 0 Å². The molecule has 1 aliphatic heterocycles. The number of aliphatic imine (C=N–C) groups is 1. The van der Waals surface area contributed by atoms with Crippen LogP contribution in [0.4, 0.5) is 0 Å². The maximum Gasteiger partial charge on any atom is 0.193 e. The Kier molecular flexibility index (Phi) is 3.55. The molecule has 0 aromatic heterocycles. The van der Waals surface area contributed by atoms with E-state index in [0.717, 1.165) is 37.8 Å². The molecule has 0 unspecified atom stereocenters. The molecule has 0 saturated heterocycles. The van der Waals surface area contributed by atoms with Crippen molar-refractivity contribution in [3.8, 4) is 5.75 Å². The van der Waals surface area contributed by atoms with Gasteiger partial charge in [0.1, 0.15) is 5.75 Å². The molecule has 1 aromatic carbocycles. The van der Waals surface area contributed by atoms with E-state index < -0.39 is 0 Å². The normalized spacial score (nSPS) is 20.3. The van der Waals surface area contributed by atoms with E-state index in [0.29, 0.717) is 0 Å². The minimum Gasteiger partial charge on any atom is -0.497 e. The maximum atomic E-state index is 5.34. The van der Waals surface area contributed by atoms with E-state index in [9.17, 15) is 0 Å². The van der Waals surface area contributed by atoms with Crippen molar-refractivity contribution in [2.45, 2.75) is 24.7 Å². The fourth-order valence-corrected chi connectivity index (χ4v) is 2.83. The standard InChI is InChI=1S/C16H23N3O/c1-19-10-4-9-17-15(19)18-12-16(7-8-16)13-5-3-6-14(11-13)20-2/h3,5-6,11H,4,7-10,12H2,1-2H3,(H,17,18). The monoisotopic (exact) mass is 273 g/mol. The lowest BCUT2D eigenvalue weighted by Crippen LogP contribution is -2.44. The van der Waals surface area contributed by atoms with Crippen LogP contribution >= 0.6 is 0 Å². The fourth-order valence-electron chi connectivity index (χ4n) is 2.83. The average Bonchev–Trinajstić information content (AvgIpc) is 3.28. The van der Waals surface area contributed by atoms with Gasteiger partial charge in [0.25, 0.3) is 0 Å². The van der Waals surface area contributed by atoms with Gasteiger partial charge in [-0.25, -0.2) is 0 Å². The molecule has 0 radical (unpaired) electrons. The van der Waals surface area contributed by atoms with Gasteiger partial charge in [-0.05, 0) is 37.0 Å². The van der Waals surface area contributed by atoms with Crippen molar-refractivity contribution >= 4 is 5.96 Å². The zero-order valence-corrected chi connectivity index (χ0v) is 12.4. The highest BCUT2D eigenvalue weighted by Gasteiger charge is 2.44. The number of methoxy groups -OCH3 is 1. The van der Waals surface area contributed by atoms with Gasteiger partial charge in [0, 0.05) is 32.1 Å². The quantitative estimate of drug-likeness (QED) is 0.911. The molecule has 0 atom stereocenters. The molecular weight excluding hydrogens is 250 g/mol. The van der Waals surface area contributed by atoms with Crippen LogP contribution in [0.2, 0.25) is 0 Å². The summed E-state index contributed by atoms with van der Waals surface area (Å²) in [4.78, 5) is 6.79. The number of nitrogens with one attached hydrogen (secondary N) is 1.